The molecule has 5 heteroatoms. The van der Waals surface area contributed by atoms with Crippen LogP contribution in [0.25, 0.3) is 11.1 Å². The summed E-state index contributed by atoms with van der Waals surface area (Å²) >= 11 is 0. The largest absolute Gasteiger partial charge is 0.495 e. The van der Waals surface area contributed by atoms with E-state index in [1.54, 1.807) is 12.1 Å². The van der Waals surface area contributed by atoms with Gasteiger partial charge in [0.15, 0.2) is 0 Å². The molecule has 0 aliphatic heterocycles. The summed E-state index contributed by atoms with van der Waals surface area (Å²) in [6.45, 7) is 0. The Morgan fingerprint density at radius 2 is 1.62 bits per heavy atom. The maximum atomic E-state index is 12.8. The molecule has 130 valence electrons. The lowest BCUT2D eigenvalue weighted by Crippen LogP contribution is -2.14. The molecule has 0 unspecified atom stereocenters. The summed E-state index contributed by atoms with van der Waals surface area (Å²) in [6.07, 6.45) is 0. The van der Waals surface area contributed by atoms with Gasteiger partial charge in [-0.25, -0.2) is 4.79 Å². The van der Waals surface area contributed by atoms with E-state index >= 15 is 0 Å². The van der Waals surface area contributed by atoms with Crippen molar-refractivity contribution in [3.8, 4) is 16.9 Å². The number of carboxylic acids is 1. The topological polar surface area (TPSA) is 75.6 Å². The van der Waals surface area contributed by atoms with Gasteiger partial charge < -0.3 is 15.2 Å². The second-order valence-corrected chi connectivity index (χ2v) is 5.59. The van der Waals surface area contributed by atoms with Crippen molar-refractivity contribution in [2.24, 2.45) is 0 Å². The van der Waals surface area contributed by atoms with Crippen LogP contribution in [0.15, 0.2) is 72.8 Å². The fourth-order valence-electron chi connectivity index (χ4n) is 2.67. The fraction of sp³-hybridized carbons (Fsp3) is 0.0476. The Bertz CT molecular complexity index is 951. The molecule has 3 rings (SSSR count). The number of methoxy groups -OCH3 is 1. The highest BCUT2D eigenvalue weighted by molar-refractivity contribution is 6.09. The van der Waals surface area contributed by atoms with E-state index in [-0.39, 0.29) is 17.2 Å². The van der Waals surface area contributed by atoms with Gasteiger partial charge in [-0.05, 0) is 35.4 Å². The highest BCUT2D eigenvalue weighted by Crippen LogP contribution is 2.28. The smallest absolute Gasteiger partial charge is 0.335 e. The van der Waals surface area contributed by atoms with Gasteiger partial charge in [-0.15, -0.1) is 0 Å². The maximum Gasteiger partial charge on any atom is 0.335 e. The molecule has 1 amide bonds. The molecule has 0 saturated heterocycles. The molecule has 0 atom stereocenters. The van der Waals surface area contributed by atoms with E-state index in [4.69, 9.17) is 9.84 Å². The Morgan fingerprint density at radius 3 is 2.31 bits per heavy atom. The van der Waals surface area contributed by atoms with Gasteiger partial charge in [0.25, 0.3) is 5.91 Å². The molecular formula is C21H17NO4. The molecular weight excluding hydrogens is 330 g/mol. The number of carboxylic acid groups (broad SMARTS) is 1. The van der Waals surface area contributed by atoms with Gasteiger partial charge in [0.1, 0.15) is 5.75 Å². The summed E-state index contributed by atoms with van der Waals surface area (Å²) in [6, 6.07) is 21.2. The number of hydrogen-bond acceptors (Lipinski definition) is 3. The second kappa shape index (κ2) is 7.53. The van der Waals surface area contributed by atoms with E-state index in [1.807, 2.05) is 42.5 Å². The molecule has 3 aromatic rings. The van der Waals surface area contributed by atoms with E-state index in [0.717, 1.165) is 11.1 Å². The number of rotatable bonds is 5. The normalized spacial score (nSPS) is 10.2. The summed E-state index contributed by atoms with van der Waals surface area (Å²) in [5.41, 5.74) is 2.76. The molecule has 0 radical (unpaired) electrons. The fourth-order valence-corrected chi connectivity index (χ4v) is 2.67. The SMILES string of the molecule is COc1cc(C(=O)O)ccc1NC(=O)c1ccccc1-c1ccccc1. The number of benzene rings is 3. The predicted molar refractivity (Wildman–Crippen MR) is 99.8 cm³/mol. The molecule has 0 fully saturated rings. The first kappa shape index (κ1) is 17.2. The first-order valence-corrected chi connectivity index (χ1v) is 7.97. The van der Waals surface area contributed by atoms with E-state index in [0.29, 0.717) is 11.3 Å². The van der Waals surface area contributed by atoms with Crippen LogP contribution in [-0.2, 0) is 0 Å². The van der Waals surface area contributed by atoms with Crippen molar-refractivity contribution < 1.29 is 19.4 Å². The van der Waals surface area contributed by atoms with E-state index in [2.05, 4.69) is 5.32 Å². The summed E-state index contributed by atoms with van der Waals surface area (Å²) in [7, 11) is 1.43. The third-order valence-electron chi connectivity index (χ3n) is 3.95. The maximum absolute atomic E-state index is 12.8. The van der Waals surface area contributed by atoms with Crippen LogP contribution < -0.4 is 10.1 Å². The molecule has 26 heavy (non-hydrogen) atoms. The number of carbonyl (C=O) groups excluding carboxylic acids is 1. The first-order chi connectivity index (χ1) is 12.6. The Balaban J connectivity index is 1.94. The Hall–Kier alpha value is -3.60. The van der Waals surface area contributed by atoms with Gasteiger partial charge in [-0.2, -0.15) is 0 Å². The number of ether oxygens (including phenoxy) is 1. The molecule has 3 aromatic carbocycles. The van der Waals surface area contributed by atoms with Crippen LogP contribution in [0.2, 0.25) is 0 Å². The standard InChI is InChI=1S/C21H17NO4/c1-26-19-13-15(21(24)25)11-12-18(19)22-20(23)17-10-6-5-9-16(17)14-7-3-2-4-8-14/h2-13H,1H3,(H,22,23)(H,24,25). The average molecular weight is 347 g/mol. The van der Waals surface area contributed by atoms with E-state index in [9.17, 15) is 9.59 Å². The molecule has 0 aromatic heterocycles. The zero-order valence-electron chi connectivity index (χ0n) is 14.1. The number of carbonyl (C=O) groups is 2. The predicted octanol–water partition coefficient (Wildman–Crippen LogP) is 4.31. The van der Waals surface area contributed by atoms with Crippen LogP contribution in [0.1, 0.15) is 20.7 Å². The number of anilines is 1. The van der Waals surface area contributed by atoms with Gasteiger partial charge in [-0.1, -0.05) is 48.5 Å². The molecule has 0 spiro atoms. The van der Waals surface area contributed by atoms with Crippen LogP contribution in [0.5, 0.6) is 5.75 Å². The lowest BCUT2D eigenvalue weighted by molar-refractivity contribution is 0.0696. The van der Waals surface area contributed by atoms with Crippen LogP contribution in [-0.4, -0.2) is 24.1 Å². The number of hydrogen-bond donors (Lipinski definition) is 2. The minimum Gasteiger partial charge on any atom is -0.495 e. The molecule has 0 aliphatic rings. The zero-order chi connectivity index (χ0) is 18.5. The average Bonchev–Trinajstić information content (AvgIpc) is 2.68. The molecule has 5 nitrogen and oxygen atoms in total. The number of aromatic carboxylic acids is 1. The van der Waals surface area contributed by atoms with Crippen LogP contribution in [0, 0.1) is 0 Å². The highest BCUT2D eigenvalue weighted by atomic mass is 16.5. The van der Waals surface area contributed by atoms with Crippen molar-refractivity contribution >= 4 is 17.6 Å². The summed E-state index contributed by atoms with van der Waals surface area (Å²) in [4.78, 5) is 23.9. The van der Waals surface area contributed by atoms with E-state index in [1.165, 1.54) is 25.3 Å². The third-order valence-corrected chi connectivity index (χ3v) is 3.95. The molecule has 0 heterocycles. The number of nitrogens with one attached hydrogen (secondary N) is 1. The lowest BCUT2D eigenvalue weighted by atomic mass is 9.99. The molecule has 0 saturated carbocycles. The molecule has 0 bridgehead atoms. The Kier molecular flexibility index (Phi) is 4.99. The summed E-state index contributed by atoms with van der Waals surface area (Å²) in [5.74, 6) is -1.07. The Labute approximate surface area is 150 Å². The minimum atomic E-state index is -1.06. The van der Waals surface area contributed by atoms with Crippen molar-refractivity contribution in [2.45, 2.75) is 0 Å². The summed E-state index contributed by atoms with van der Waals surface area (Å²) in [5, 5.41) is 11.9. The van der Waals surface area contributed by atoms with Crippen LogP contribution >= 0.6 is 0 Å². The monoisotopic (exact) mass is 347 g/mol. The van der Waals surface area contributed by atoms with Crippen LogP contribution in [0.4, 0.5) is 5.69 Å². The van der Waals surface area contributed by atoms with Gasteiger partial charge in [-0.3, -0.25) is 4.79 Å². The van der Waals surface area contributed by atoms with Gasteiger partial charge in [0.05, 0.1) is 18.4 Å². The molecule has 2 N–H and O–H groups in total. The van der Waals surface area contributed by atoms with Gasteiger partial charge >= 0.3 is 5.97 Å². The van der Waals surface area contributed by atoms with Gasteiger partial charge in [0, 0.05) is 5.56 Å². The highest BCUT2D eigenvalue weighted by Gasteiger charge is 2.15. The minimum absolute atomic E-state index is 0.0875. The van der Waals surface area contributed by atoms with Crippen LogP contribution in [0.3, 0.4) is 0 Å². The van der Waals surface area contributed by atoms with Crippen molar-refractivity contribution in [3.05, 3.63) is 83.9 Å². The summed E-state index contributed by atoms with van der Waals surface area (Å²) < 4.78 is 5.21. The van der Waals surface area contributed by atoms with Crippen molar-refractivity contribution in [2.75, 3.05) is 12.4 Å². The first-order valence-electron chi connectivity index (χ1n) is 7.97. The van der Waals surface area contributed by atoms with E-state index < -0.39 is 5.97 Å². The molecule has 0 aliphatic carbocycles. The second-order valence-electron chi connectivity index (χ2n) is 5.59. The number of amides is 1. The van der Waals surface area contributed by atoms with Gasteiger partial charge in [0.2, 0.25) is 0 Å². The van der Waals surface area contributed by atoms with Crippen molar-refractivity contribution in [1.29, 1.82) is 0 Å². The quantitative estimate of drug-likeness (QED) is 0.721. The van der Waals surface area contributed by atoms with Crippen molar-refractivity contribution in [1.82, 2.24) is 0 Å². The van der Waals surface area contributed by atoms with Crippen molar-refractivity contribution in [3.63, 3.8) is 0 Å². The zero-order valence-corrected chi connectivity index (χ0v) is 14.1. The Morgan fingerprint density at radius 1 is 0.923 bits per heavy atom. The lowest BCUT2D eigenvalue weighted by Gasteiger charge is -2.13. The third kappa shape index (κ3) is 3.57.